The zero-order chi connectivity index (χ0) is 24.6. The summed E-state index contributed by atoms with van der Waals surface area (Å²) >= 11 is 0. The van der Waals surface area contributed by atoms with Crippen LogP contribution in [0.1, 0.15) is 38.5 Å². The van der Waals surface area contributed by atoms with Crippen LogP contribution in [0.4, 0.5) is 5.69 Å². The molecule has 35 heavy (non-hydrogen) atoms. The molecule has 3 N–H and O–H groups in total. The summed E-state index contributed by atoms with van der Waals surface area (Å²) in [6.07, 6.45) is 4.05. The molecule has 2 aromatic carbocycles. The lowest BCUT2D eigenvalue weighted by Gasteiger charge is -2.33. The van der Waals surface area contributed by atoms with Crippen molar-refractivity contribution in [3.05, 3.63) is 42.5 Å². The molecule has 2 unspecified atom stereocenters. The lowest BCUT2D eigenvalue weighted by atomic mass is 9.70. The standard InChI is InChI=1S/C27H33N3O5/c1-28-24(32)21-20-12-13-27(35-20)22(21)26(34)30(14-6-2-3-7-15-31)23(27)25(33)29-19-11-10-17-8-4-5-9-18(17)16-19/h4-5,8-11,16,20-23,31H,2-3,6-7,12-15H2,1H3,(H,28,32)(H,29,33)/t20-,21+,22-,23?,27?/m0/s1. The highest BCUT2D eigenvalue weighted by Gasteiger charge is 2.74. The van der Waals surface area contributed by atoms with E-state index in [-0.39, 0.29) is 30.4 Å². The Hall–Kier alpha value is -2.97. The summed E-state index contributed by atoms with van der Waals surface area (Å²) in [6.45, 7) is 0.570. The maximum absolute atomic E-state index is 13.8. The van der Waals surface area contributed by atoms with Crippen molar-refractivity contribution in [1.82, 2.24) is 10.2 Å². The van der Waals surface area contributed by atoms with Gasteiger partial charge in [0.25, 0.3) is 0 Å². The van der Waals surface area contributed by atoms with Crippen LogP contribution in [0.2, 0.25) is 0 Å². The van der Waals surface area contributed by atoms with Crippen molar-refractivity contribution in [2.45, 2.75) is 56.3 Å². The van der Waals surface area contributed by atoms with Gasteiger partial charge in [-0.15, -0.1) is 0 Å². The number of aliphatic hydroxyl groups is 1. The molecule has 0 radical (unpaired) electrons. The quantitative estimate of drug-likeness (QED) is 0.479. The van der Waals surface area contributed by atoms with Crippen LogP contribution < -0.4 is 10.6 Å². The number of carbonyl (C=O) groups excluding carboxylic acids is 3. The summed E-state index contributed by atoms with van der Waals surface area (Å²) in [5.74, 6) is -1.86. The number of hydrogen-bond donors (Lipinski definition) is 3. The Morgan fingerprint density at radius 1 is 1.09 bits per heavy atom. The summed E-state index contributed by atoms with van der Waals surface area (Å²) in [5, 5.41) is 16.9. The van der Waals surface area contributed by atoms with E-state index in [1.807, 2.05) is 42.5 Å². The van der Waals surface area contributed by atoms with Crippen molar-refractivity contribution in [2.75, 3.05) is 25.5 Å². The Balaban J connectivity index is 1.43. The second-order valence-electron chi connectivity index (χ2n) is 9.89. The summed E-state index contributed by atoms with van der Waals surface area (Å²) in [7, 11) is 1.57. The number of ether oxygens (including phenoxy) is 1. The van der Waals surface area contributed by atoms with Gasteiger partial charge in [0, 0.05) is 25.9 Å². The molecule has 186 valence electrons. The molecule has 1 spiro atoms. The molecule has 2 bridgehead atoms. The molecule has 0 saturated carbocycles. The monoisotopic (exact) mass is 479 g/mol. The van der Waals surface area contributed by atoms with Crippen molar-refractivity contribution in [1.29, 1.82) is 0 Å². The number of amides is 3. The summed E-state index contributed by atoms with van der Waals surface area (Å²) < 4.78 is 6.39. The number of hydrogen-bond acceptors (Lipinski definition) is 5. The molecule has 8 heteroatoms. The van der Waals surface area contributed by atoms with Gasteiger partial charge >= 0.3 is 0 Å². The van der Waals surface area contributed by atoms with E-state index in [2.05, 4.69) is 10.6 Å². The molecular weight excluding hydrogens is 446 g/mol. The van der Waals surface area contributed by atoms with Gasteiger partial charge in [-0.3, -0.25) is 14.4 Å². The van der Waals surface area contributed by atoms with E-state index < -0.39 is 23.5 Å². The minimum Gasteiger partial charge on any atom is -0.396 e. The van der Waals surface area contributed by atoms with Crippen LogP contribution in [0.25, 0.3) is 10.8 Å². The van der Waals surface area contributed by atoms with Crippen molar-refractivity contribution < 1.29 is 24.2 Å². The second kappa shape index (κ2) is 9.59. The maximum atomic E-state index is 13.8. The molecule has 3 aliphatic heterocycles. The minimum absolute atomic E-state index is 0.146. The van der Waals surface area contributed by atoms with E-state index in [0.29, 0.717) is 25.1 Å². The van der Waals surface area contributed by atoms with Gasteiger partial charge in [-0.2, -0.15) is 0 Å². The van der Waals surface area contributed by atoms with E-state index >= 15 is 0 Å². The number of aliphatic hydroxyl groups excluding tert-OH is 1. The molecule has 3 aliphatic rings. The molecule has 5 atom stereocenters. The number of likely N-dealkylation sites (tertiary alicyclic amines) is 1. The zero-order valence-corrected chi connectivity index (χ0v) is 20.0. The van der Waals surface area contributed by atoms with Gasteiger partial charge < -0.3 is 25.4 Å². The lowest BCUT2D eigenvalue weighted by molar-refractivity contribution is -0.140. The van der Waals surface area contributed by atoms with Crippen molar-refractivity contribution in [3.63, 3.8) is 0 Å². The average molecular weight is 480 g/mol. The summed E-state index contributed by atoms with van der Waals surface area (Å²) in [4.78, 5) is 41.9. The van der Waals surface area contributed by atoms with Crippen LogP contribution in [0, 0.1) is 11.8 Å². The Bertz CT molecular complexity index is 1140. The highest BCUT2D eigenvalue weighted by Crippen LogP contribution is 2.58. The Morgan fingerprint density at radius 3 is 2.63 bits per heavy atom. The van der Waals surface area contributed by atoms with E-state index in [4.69, 9.17) is 9.84 Å². The second-order valence-corrected chi connectivity index (χ2v) is 9.89. The molecule has 3 amide bonds. The van der Waals surface area contributed by atoms with Crippen LogP contribution in [0.3, 0.4) is 0 Å². The van der Waals surface area contributed by atoms with E-state index in [1.54, 1.807) is 11.9 Å². The third kappa shape index (κ3) is 3.98. The smallest absolute Gasteiger partial charge is 0.250 e. The van der Waals surface area contributed by atoms with Gasteiger partial charge in [-0.05, 0) is 48.6 Å². The first-order chi connectivity index (χ1) is 17.0. The predicted molar refractivity (Wildman–Crippen MR) is 132 cm³/mol. The molecule has 8 nitrogen and oxygen atoms in total. The maximum Gasteiger partial charge on any atom is 0.250 e. The zero-order valence-electron chi connectivity index (χ0n) is 20.0. The van der Waals surface area contributed by atoms with Gasteiger partial charge in [-0.25, -0.2) is 0 Å². The number of benzene rings is 2. The first-order valence-corrected chi connectivity index (χ1v) is 12.6. The Morgan fingerprint density at radius 2 is 1.86 bits per heavy atom. The van der Waals surface area contributed by atoms with Gasteiger partial charge in [0.2, 0.25) is 17.7 Å². The summed E-state index contributed by atoms with van der Waals surface area (Å²) in [6, 6.07) is 12.9. The largest absolute Gasteiger partial charge is 0.396 e. The van der Waals surface area contributed by atoms with Gasteiger partial charge in [0.05, 0.1) is 17.9 Å². The van der Waals surface area contributed by atoms with Crippen molar-refractivity contribution >= 4 is 34.2 Å². The van der Waals surface area contributed by atoms with E-state index in [9.17, 15) is 14.4 Å². The van der Waals surface area contributed by atoms with E-state index in [0.717, 1.165) is 36.5 Å². The number of rotatable bonds is 9. The molecule has 3 fully saturated rings. The number of anilines is 1. The highest BCUT2D eigenvalue weighted by molar-refractivity contribution is 6.04. The van der Waals surface area contributed by atoms with Gasteiger partial charge in [0.15, 0.2) is 0 Å². The number of fused-ring (bicyclic) bond motifs is 2. The molecule has 3 heterocycles. The fourth-order valence-electron chi connectivity index (χ4n) is 6.39. The predicted octanol–water partition coefficient (Wildman–Crippen LogP) is 2.45. The van der Waals surface area contributed by atoms with Crippen LogP contribution in [-0.2, 0) is 19.1 Å². The molecule has 3 saturated heterocycles. The minimum atomic E-state index is -0.981. The first-order valence-electron chi connectivity index (χ1n) is 12.6. The van der Waals surface area contributed by atoms with Crippen molar-refractivity contribution in [3.8, 4) is 0 Å². The normalized spacial score (nSPS) is 29.0. The third-order valence-electron chi connectivity index (χ3n) is 7.92. The van der Waals surface area contributed by atoms with E-state index in [1.165, 1.54) is 0 Å². The Kier molecular flexibility index (Phi) is 6.51. The number of nitrogens with one attached hydrogen (secondary N) is 2. The van der Waals surface area contributed by atoms with Crippen LogP contribution in [0.5, 0.6) is 0 Å². The summed E-state index contributed by atoms with van der Waals surface area (Å²) in [5.41, 5.74) is -0.315. The topological polar surface area (TPSA) is 108 Å². The number of unbranched alkanes of at least 4 members (excludes halogenated alkanes) is 3. The van der Waals surface area contributed by atoms with Crippen LogP contribution in [-0.4, -0.2) is 65.7 Å². The highest BCUT2D eigenvalue weighted by atomic mass is 16.5. The fourth-order valence-corrected chi connectivity index (χ4v) is 6.39. The molecule has 0 aliphatic carbocycles. The fraction of sp³-hybridized carbons (Fsp3) is 0.519. The molecule has 0 aromatic heterocycles. The van der Waals surface area contributed by atoms with Gasteiger partial charge in [0.1, 0.15) is 11.6 Å². The molecular formula is C27H33N3O5. The lowest BCUT2D eigenvalue weighted by Crippen LogP contribution is -2.53. The van der Waals surface area contributed by atoms with Gasteiger partial charge in [-0.1, -0.05) is 43.2 Å². The Labute approximate surface area is 205 Å². The van der Waals surface area contributed by atoms with Crippen molar-refractivity contribution in [2.24, 2.45) is 11.8 Å². The first kappa shape index (κ1) is 23.8. The average Bonchev–Trinajstić information content (AvgIpc) is 3.51. The van der Waals surface area contributed by atoms with Crippen LogP contribution in [0.15, 0.2) is 42.5 Å². The molecule has 2 aromatic rings. The number of nitrogens with zero attached hydrogens (tertiary/aromatic N) is 1. The SMILES string of the molecule is CNC(=O)[C@@H]1[C@@H]2CCC3(O2)C(C(=O)Nc2ccc4ccccc4c2)N(CCCCCCO)C(=O)[C@H]13. The number of carbonyl (C=O) groups is 3. The van der Waals surface area contributed by atoms with Crippen LogP contribution >= 0.6 is 0 Å². The third-order valence-corrected chi connectivity index (χ3v) is 7.92. The molecule has 5 rings (SSSR count).